The molecule has 0 aromatic carbocycles. The van der Waals surface area contributed by atoms with E-state index in [4.69, 9.17) is 9.15 Å². The summed E-state index contributed by atoms with van der Waals surface area (Å²) in [4.78, 5) is 5.49. The van der Waals surface area contributed by atoms with Crippen molar-refractivity contribution in [1.29, 1.82) is 0 Å². The lowest BCUT2D eigenvalue weighted by molar-refractivity contribution is 0.367. The Morgan fingerprint density at radius 3 is 2.92 bits per heavy atom. The third-order valence-electron chi connectivity index (χ3n) is 3.69. The first kappa shape index (κ1) is 16.5. The van der Waals surface area contributed by atoms with Gasteiger partial charge in [0.25, 0.3) is 0 Å². The fourth-order valence-electron chi connectivity index (χ4n) is 2.46. The van der Waals surface area contributed by atoms with E-state index in [2.05, 4.69) is 36.6 Å². The zero-order valence-electron chi connectivity index (χ0n) is 14.2. The van der Waals surface area contributed by atoms with E-state index in [0.717, 1.165) is 46.2 Å². The standard InChI is InChI=1S/C18H21N3O2S/c1-5-8-9-15(22-4)12-10-16(23-14(12)6-2)13-11-21-18(19-13)24-17(7-3)20-21/h6,9-11H,2,5,7-8H2,1,3-4H3/b15-9+. The van der Waals surface area contributed by atoms with Crippen molar-refractivity contribution in [2.75, 3.05) is 7.11 Å². The average molecular weight is 343 g/mol. The summed E-state index contributed by atoms with van der Waals surface area (Å²) in [5, 5.41) is 5.56. The van der Waals surface area contributed by atoms with E-state index in [1.54, 1.807) is 29.0 Å². The average Bonchev–Trinajstić information content (AvgIpc) is 3.27. The van der Waals surface area contributed by atoms with Crippen molar-refractivity contribution in [2.24, 2.45) is 0 Å². The van der Waals surface area contributed by atoms with E-state index in [9.17, 15) is 0 Å². The molecule has 0 radical (unpaired) electrons. The maximum Gasteiger partial charge on any atom is 0.212 e. The Hall–Kier alpha value is -2.34. The number of nitrogens with zero attached hydrogens (tertiary/aromatic N) is 3. The lowest BCUT2D eigenvalue weighted by Crippen LogP contribution is -1.87. The molecule has 0 saturated carbocycles. The van der Waals surface area contributed by atoms with E-state index >= 15 is 0 Å². The molecule has 0 N–H and O–H groups in total. The molecule has 0 unspecified atom stereocenters. The van der Waals surface area contributed by atoms with Crippen LogP contribution < -0.4 is 0 Å². The molecule has 24 heavy (non-hydrogen) atoms. The second kappa shape index (κ2) is 7.05. The molecule has 0 atom stereocenters. The van der Waals surface area contributed by atoms with Gasteiger partial charge in [-0.25, -0.2) is 9.50 Å². The number of rotatable bonds is 7. The molecule has 3 aromatic heterocycles. The molecular formula is C18H21N3O2S. The molecule has 0 fully saturated rings. The highest BCUT2D eigenvalue weighted by Crippen LogP contribution is 2.31. The maximum absolute atomic E-state index is 5.93. The highest BCUT2D eigenvalue weighted by Gasteiger charge is 2.17. The Labute approximate surface area is 145 Å². The number of ether oxygens (including phenoxy) is 1. The SMILES string of the molecule is C=Cc1oc(-c2cn3nc(CC)sc3n2)cc1/C(=C\CCC)OC. The molecule has 0 spiro atoms. The quantitative estimate of drug-likeness (QED) is 0.564. The smallest absolute Gasteiger partial charge is 0.212 e. The van der Waals surface area contributed by atoms with Crippen LogP contribution in [0.15, 0.2) is 29.3 Å². The first-order chi connectivity index (χ1) is 11.7. The lowest BCUT2D eigenvalue weighted by atomic mass is 10.1. The van der Waals surface area contributed by atoms with E-state index < -0.39 is 0 Å². The Morgan fingerprint density at radius 1 is 1.46 bits per heavy atom. The van der Waals surface area contributed by atoms with Gasteiger partial charge in [0.1, 0.15) is 22.2 Å². The number of furan rings is 1. The highest BCUT2D eigenvalue weighted by atomic mass is 32.1. The second-order valence-electron chi connectivity index (χ2n) is 5.36. The van der Waals surface area contributed by atoms with Crippen LogP contribution in [0.5, 0.6) is 0 Å². The monoisotopic (exact) mass is 343 g/mol. The molecule has 5 nitrogen and oxygen atoms in total. The van der Waals surface area contributed by atoms with Gasteiger partial charge < -0.3 is 9.15 Å². The zero-order chi connectivity index (χ0) is 17.1. The van der Waals surface area contributed by atoms with Gasteiger partial charge in [-0.15, -0.1) is 0 Å². The van der Waals surface area contributed by atoms with Crippen LogP contribution in [-0.2, 0) is 11.2 Å². The predicted molar refractivity (Wildman–Crippen MR) is 97.9 cm³/mol. The Balaban J connectivity index is 2.01. The van der Waals surface area contributed by atoms with E-state index in [1.807, 2.05) is 12.3 Å². The van der Waals surface area contributed by atoms with Crippen LogP contribution in [0.25, 0.3) is 28.3 Å². The fourth-order valence-corrected chi connectivity index (χ4v) is 3.27. The van der Waals surface area contributed by atoms with Gasteiger partial charge in [-0.05, 0) is 31.1 Å². The van der Waals surface area contributed by atoms with Crippen LogP contribution in [0.3, 0.4) is 0 Å². The number of allylic oxidation sites excluding steroid dienone is 1. The third-order valence-corrected chi connectivity index (χ3v) is 4.76. The lowest BCUT2D eigenvalue weighted by Gasteiger charge is -2.04. The normalized spacial score (nSPS) is 12.0. The predicted octanol–water partition coefficient (Wildman–Crippen LogP) is 5.04. The summed E-state index contributed by atoms with van der Waals surface area (Å²) in [6, 6.07) is 1.95. The number of aryl methyl sites for hydroxylation is 1. The van der Waals surface area contributed by atoms with Crippen molar-refractivity contribution in [3.05, 3.63) is 41.2 Å². The van der Waals surface area contributed by atoms with Gasteiger partial charge in [-0.3, -0.25) is 0 Å². The topological polar surface area (TPSA) is 52.6 Å². The molecule has 3 heterocycles. The molecule has 0 aliphatic carbocycles. The first-order valence-electron chi connectivity index (χ1n) is 8.06. The molecular weight excluding hydrogens is 322 g/mol. The van der Waals surface area contributed by atoms with Crippen LogP contribution in [0.2, 0.25) is 0 Å². The Kier molecular flexibility index (Phi) is 4.85. The van der Waals surface area contributed by atoms with Crippen LogP contribution in [0.4, 0.5) is 0 Å². The minimum absolute atomic E-state index is 0.688. The van der Waals surface area contributed by atoms with E-state index in [-0.39, 0.29) is 0 Å². The zero-order valence-corrected chi connectivity index (χ0v) is 15.0. The van der Waals surface area contributed by atoms with Gasteiger partial charge in [-0.2, -0.15) is 5.10 Å². The Morgan fingerprint density at radius 2 is 2.29 bits per heavy atom. The van der Waals surface area contributed by atoms with Crippen molar-refractivity contribution >= 4 is 28.1 Å². The molecule has 126 valence electrons. The number of methoxy groups -OCH3 is 1. The maximum atomic E-state index is 5.93. The largest absolute Gasteiger partial charge is 0.496 e. The number of fused-ring (bicyclic) bond motifs is 1. The highest BCUT2D eigenvalue weighted by molar-refractivity contribution is 7.16. The van der Waals surface area contributed by atoms with Crippen molar-refractivity contribution in [2.45, 2.75) is 33.1 Å². The van der Waals surface area contributed by atoms with Crippen LogP contribution in [0.1, 0.15) is 43.0 Å². The number of hydrogen-bond donors (Lipinski definition) is 0. The van der Waals surface area contributed by atoms with Gasteiger partial charge in [0.2, 0.25) is 4.96 Å². The summed E-state index contributed by atoms with van der Waals surface area (Å²) in [5.41, 5.74) is 1.66. The second-order valence-corrected chi connectivity index (χ2v) is 6.40. The molecule has 0 aliphatic rings. The minimum atomic E-state index is 0.688. The summed E-state index contributed by atoms with van der Waals surface area (Å²) >= 11 is 1.59. The summed E-state index contributed by atoms with van der Waals surface area (Å²) in [7, 11) is 1.67. The van der Waals surface area contributed by atoms with Crippen LogP contribution in [0, 0.1) is 0 Å². The molecule has 0 saturated heterocycles. The van der Waals surface area contributed by atoms with Crippen molar-refractivity contribution in [3.8, 4) is 11.5 Å². The van der Waals surface area contributed by atoms with Gasteiger partial charge >= 0.3 is 0 Å². The van der Waals surface area contributed by atoms with Gasteiger partial charge in [-0.1, -0.05) is 38.2 Å². The summed E-state index contributed by atoms with van der Waals surface area (Å²) in [5.74, 6) is 2.18. The van der Waals surface area contributed by atoms with Crippen molar-refractivity contribution in [3.63, 3.8) is 0 Å². The molecule has 3 rings (SSSR count). The fraction of sp³-hybridized carbons (Fsp3) is 0.333. The summed E-state index contributed by atoms with van der Waals surface area (Å²) in [6.45, 7) is 8.06. The van der Waals surface area contributed by atoms with E-state index in [0.29, 0.717) is 11.5 Å². The van der Waals surface area contributed by atoms with Crippen molar-refractivity contribution < 1.29 is 9.15 Å². The molecule has 0 aliphatic heterocycles. The minimum Gasteiger partial charge on any atom is -0.496 e. The molecule has 6 heteroatoms. The first-order valence-corrected chi connectivity index (χ1v) is 8.88. The van der Waals surface area contributed by atoms with Crippen molar-refractivity contribution in [1.82, 2.24) is 14.6 Å². The van der Waals surface area contributed by atoms with Crippen LogP contribution in [-0.4, -0.2) is 21.7 Å². The third kappa shape index (κ3) is 3.01. The number of hydrogen-bond acceptors (Lipinski definition) is 5. The number of imidazole rings is 1. The summed E-state index contributed by atoms with van der Waals surface area (Å²) in [6.07, 6.45) is 8.58. The molecule has 0 bridgehead atoms. The van der Waals surface area contributed by atoms with Gasteiger partial charge in [0, 0.05) is 0 Å². The Bertz CT molecular complexity index is 854. The van der Waals surface area contributed by atoms with Crippen LogP contribution >= 0.6 is 11.3 Å². The molecule has 0 amide bonds. The number of aromatic nitrogens is 3. The van der Waals surface area contributed by atoms with E-state index in [1.165, 1.54) is 0 Å². The molecule has 3 aromatic rings. The number of unbranched alkanes of at least 4 members (excludes halogenated alkanes) is 1. The van der Waals surface area contributed by atoms with Gasteiger partial charge in [0.05, 0.1) is 18.9 Å². The van der Waals surface area contributed by atoms with Gasteiger partial charge in [0.15, 0.2) is 5.76 Å². The summed E-state index contributed by atoms with van der Waals surface area (Å²) < 4.78 is 13.3.